The Balaban J connectivity index is 2.02. The molecule has 2 aromatic rings. The molecule has 5 nitrogen and oxygen atoms in total. The smallest absolute Gasteiger partial charge is 0.224 e. The third kappa shape index (κ3) is 2.68. The number of hydrogen-bond acceptors (Lipinski definition) is 4. The van der Waals surface area contributed by atoms with Gasteiger partial charge in [0, 0.05) is 19.1 Å². The molecule has 1 N–H and O–H groups in total. The first-order valence-corrected chi connectivity index (χ1v) is 5.53. The highest BCUT2D eigenvalue weighted by molar-refractivity contribution is 6.30. The molecular formula is C11H13ClN4O. The van der Waals surface area contributed by atoms with Gasteiger partial charge in [-0.05, 0) is 24.3 Å². The van der Waals surface area contributed by atoms with Crippen LogP contribution in [0.25, 0.3) is 0 Å². The van der Waals surface area contributed by atoms with Gasteiger partial charge in [-0.15, -0.1) is 10.2 Å². The van der Waals surface area contributed by atoms with Crippen molar-refractivity contribution in [3.63, 3.8) is 0 Å². The first kappa shape index (κ1) is 11.7. The second kappa shape index (κ2) is 5.05. The summed E-state index contributed by atoms with van der Waals surface area (Å²) >= 11 is 5.79. The summed E-state index contributed by atoms with van der Waals surface area (Å²) in [5, 5.41) is 11.6. The molecule has 0 fully saturated rings. The van der Waals surface area contributed by atoms with E-state index in [1.807, 2.05) is 23.7 Å². The van der Waals surface area contributed by atoms with E-state index in [9.17, 15) is 0 Å². The number of halogens is 1. The minimum absolute atomic E-state index is 0.368. The van der Waals surface area contributed by atoms with Crippen LogP contribution < -0.4 is 10.1 Å². The zero-order chi connectivity index (χ0) is 12.3. The van der Waals surface area contributed by atoms with Crippen LogP contribution in [-0.2, 0) is 13.7 Å². The zero-order valence-electron chi connectivity index (χ0n) is 9.64. The summed E-state index contributed by atoms with van der Waals surface area (Å²) in [5.74, 6) is 2.22. The molecule has 1 heterocycles. The number of rotatable bonds is 4. The molecule has 17 heavy (non-hydrogen) atoms. The van der Waals surface area contributed by atoms with Crippen molar-refractivity contribution in [1.29, 1.82) is 0 Å². The SMILES string of the molecule is CNc1nnc(COc2ccc(Cl)cc2)n1C. The van der Waals surface area contributed by atoms with Crippen molar-refractivity contribution in [2.24, 2.45) is 7.05 Å². The predicted octanol–water partition coefficient (Wildman–Crippen LogP) is 2.09. The van der Waals surface area contributed by atoms with Gasteiger partial charge < -0.3 is 10.1 Å². The van der Waals surface area contributed by atoms with Crippen LogP contribution in [0.15, 0.2) is 24.3 Å². The lowest BCUT2D eigenvalue weighted by molar-refractivity contribution is 0.291. The van der Waals surface area contributed by atoms with Crippen molar-refractivity contribution in [3.8, 4) is 5.75 Å². The summed E-state index contributed by atoms with van der Waals surface area (Å²) in [6.07, 6.45) is 0. The molecule has 0 saturated carbocycles. The molecule has 6 heteroatoms. The van der Waals surface area contributed by atoms with E-state index in [0.29, 0.717) is 17.6 Å². The van der Waals surface area contributed by atoms with Gasteiger partial charge in [-0.1, -0.05) is 11.6 Å². The molecule has 0 radical (unpaired) electrons. The highest BCUT2D eigenvalue weighted by Crippen LogP contribution is 2.16. The van der Waals surface area contributed by atoms with Crippen LogP contribution in [0.5, 0.6) is 5.75 Å². The van der Waals surface area contributed by atoms with Crippen LogP contribution in [-0.4, -0.2) is 21.8 Å². The average molecular weight is 253 g/mol. The van der Waals surface area contributed by atoms with Crippen LogP contribution in [0, 0.1) is 0 Å². The molecule has 0 unspecified atom stereocenters. The highest BCUT2D eigenvalue weighted by atomic mass is 35.5. The lowest BCUT2D eigenvalue weighted by atomic mass is 10.3. The Morgan fingerprint density at radius 3 is 2.59 bits per heavy atom. The minimum Gasteiger partial charge on any atom is -0.486 e. The first-order valence-electron chi connectivity index (χ1n) is 5.15. The number of hydrogen-bond donors (Lipinski definition) is 1. The Morgan fingerprint density at radius 2 is 2.00 bits per heavy atom. The van der Waals surface area contributed by atoms with Crippen LogP contribution in [0.2, 0.25) is 5.02 Å². The summed E-state index contributed by atoms with van der Waals surface area (Å²) in [5.41, 5.74) is 0. The summed E-state index contributed by atoms with van der Waals surface area (Å²) < 4.78 is 7.42. The Labute approximate surface area is 104 Å². The van der Waals surface area contributed by atoms with E-state index in [-0.39, 0.29) is 0 Å². The maximum atomic E-state index is 5.79. The van der Waals surface area contributed by atoms with Crippen molar-refractivity contribution in [2.75, 3.05) is 12.4 Å². The fraction of sp³-hybridized carbons (Fsp3) is 0.273. The largest absolute Gasteiger partial charge is 0.486 e. The molecule has 90 valence electrons. The fourth-order valence-corrected chi connectivity index (χ4v) is 1.51. The summed E-state index contributed by atoms with van der Waals surface area (Å²) in [6, 6.07) is 7.20. The van der Waals surface area contributed by atoms with Crippen molar-refractivity contribution in [2.45, 2.75) is 6.61 Å². The van der Waals surface area contributed by atoms with Gasteiger partial charge in [0.15, 0.2) is 5.82 Å². The molecular weight excluding hydrogens is 240 g/mol. The van der Waals surface area contributed by atoms with E-state index < -0.39 is 0 Å². The molecule has 0 aliphatic rings. The molecule has 2 rings (SSSR count). The van der Waals surface area contributed by atoms with Crippen molar-refractivity contribution in [1.82, 2.24) is 14.8 Å². The van der Waals surface area contributed by atoms with Crippen LogP contribution >= 0.6 is 11.6 Å². The van der Waals surface area contributed by atoms with Gasteiger partial charge in [-0.2, -0.15) is 0 Å². The van der Waals surface area contributed by atoms with Gasteiger partial charge in [0.05, 0.1) is 0 Å². The Bertz CT molecular complexity index is 495. The standard InChI is InChI=1S/C11H13ClN4O/c1-13-11-15-14-10(16(11)2)7-17-9-5-3-8(12)4-6-9/h3-6H,7H2,1-2H3,(H,13,15). The number of ether oxygens (including phenoxy) is 1. The highest BCUT2D eigenvalue weighted by Gasteiger charge is 2.07. The van der Waals surface area contributed by atoms with Crippen LogP contribution in [0.4, 0.5) is 5.95 Å². The van der Waals surface area contributed by atoms with Gasteiger partial charge >= 0.3 is 0 Å². The number of aromatic nitrogens is 3. The Hall–Kier alpha value is -1.75. The average Bonchev–Trinajstić information content (AvgIpc) is 2.69. The topological polar surface area (TPSA) is 52.0 Å². The second-order valence-electron chi connectivity index (χ2n) is 3.49. The van der Waals surface area contributed by atoms with Crippen LogP contribution in [0.3, 0.4) is 0 Å². The lowest BCUT2D eigenvalue weighted by Crippen LogP contribution is -2.05. The summed E-state index contributed by atoms with van der Waals surface area (Å²) in [7, 11) is 3.68. The maximum absolute atomic E-state index is 5.79. The predicted molar refractivity (Wildman–Crippen MR) is 66.3 cm³/mol. The molecule has 0 saturated heterocycles. The minimum atomic E-state index is 0.368. The third-order valence-electron chi connectivity index (χ3n) is 2.37. The maximum Gasteiger partial charge on any atom is 0.224 e. The number of nitrogens with one attached hydrogen (secondary N) is 1. The van der Waals surface area contributed by atoms with Crippen molar-refractivity contribution >= 4 is 17.5 Å². The molecule has 0 aliphatic heterocycles. The number of anilines is 1. The lowest BCUT2D eigenvalue weighted by Gasteiger charge is -2.06. The quantitative estimate of drug-likeness (QED) is 0.905. The fourth-order valence-electron chi connectivity index (χ4n) is 1.38. The third-order valence-corrected chi connectivity index (χ3v) is 2.62. The Morgan fingerprint density at radius 1 is 1.29 bits per heavy atom. The monoisotopic (exact) mass is 252 g/mol. The van der Waals surface area contributed by atoms with E-state index in [2.05, 4.69) is 15.5 Å². The molecule has 1 aromatic heterocycles. The second-order valence-corrected chi connectivity index (χ2v) is 3.93. The number of nitrogens with zero attached hydrogens (tertiary/aromatic N) is 3. The molecule has 0 bridgehead atoms. The molecule has 0 aliphatic carbocycles. The van der Waals surface area contributed by atoms with E-state index in [1.54, 1.807) is 19.2 Å². The zero-order valence-corrected chi connectivity index (χ0v) is 10.4. The van der Waals surface area contributed by atoms with Crippen molar-refractivity contribution in [3.05, 3.63) is 35.1 Å². The van der Waals surface area contributed by atoms with Crippen LogP contribution in [0.1, 0.15) is 5.82 Å². The normalized spacial score (nSPS) is 10.3. The van der Waals surface area contributed by atoms with E-state index in [0.717, 1.165) is 11.6 Å². The summed E-state index contributed by atoms with van der Waals surface area (Å²) in [4.78, 5) is 0. The van der Waals surface area contributed by atoms with Gasteiger partial charge in [-0.25, -0.2) is 0 Å². The van der Waals surface area contributed by atoms with Gasteiger partial charge in [0.1, 0.15) is 12.4 Å². The molecule has 0 spiro atoms. The van der Waals surface area contributed by atoms with Gasteiger partial charge in [-0.3, -0.25) is 4.57 Å². The van der Waals surface area contributed by atoms with E-state index >= 15 is 0 Å². The van der Waals surface area contributed by atoms with Gasteiger partial charge in [0.25, 0.3) is 0 Å². The molecule has 0 amide bonds. The Kier molecular flexibility index (Phi) is 3.49. The van der Waals surface area contributed by atoms with Gasteiger partial charge in [0.2, 0.25) is 5.95 Å². The summed E-state index contributed by atoms with van der Waals surface area (Å²) in [6.45, 7) is 0.368. The van der Waals surface area contributed by atoms with Crippen molar-refractivity contribution < 1.29 is 4.74 Å². The number of benzene rings is 1. The first-order chi connectivity index (χ1) is 8.20. The molecule has 1 aromatic carbocycles. The van der Waals surface area contributed by atoms with E-state index in [4.69, 9.17) is 16.3 Å². The molecule has 0 atom stereocenters. The van der Waals surface area contributed by atoms with E-state index in [1.165, 1.54) is 0 Å².